The quantitative estimate of drug-likeness (QED) is 0.682. The first-order valence-corrected chi connectivity index (χ1v) is 8.85. The minimum Gasteiger partial charge on any atom is -0.451 e. The summed E-state index contributed by atoms with van der Waals surface area (Å²) in [5, 5.41) is 2.14. The van der Waals surface area contributed by atoms with Crippen LogP contribution in [0, 0.1) is 0 Å². The third kappa shape index (κ3) is 3.92. The summed E-state index contributed by atoms with van der Waals surface area (Å²) in [4.78, 5) is 2.19. The van der Waals surface area contributed by atoms with Crippen LogP contribution in [0.4, 0.5) is 0 Å². The van der Waals surface area contributed by atoms with Crippen LogP contribution in [0.25, 0.3) is 0 Å². The third-order valence-corrected chi connectivity index (χ3v) is 6.07. The van der Waals surface area contributed by atoms with Crippen LogP contribution in [0.5, 0.6) is 0 Å². The number of furan rings is 1. The Labute approximate surface area is 141 Å². The van der Waals surface area contributed by atoms with Gasteiger partial charge in [-0.2, -0.15) is 0 Å². The first kappa shape index (κ1) is 15.7. The maximum atomic E-state index is 5.88. The molecule has 7 heteroatoms. The van der Waals surface area contributed by atoms with Crippen LogP contribution >= 0.6 is 59.1 Å². The first-order chi connectivity index (χ1) is 9.01. The van der Waals surface area contributed by atoms with Crippen molar-refractivity contribution < 1.29 is 4.42 Å². The Hall–Kier alpha value is 0.340. The molecule has 0 radical (unpaired) electrons. The van der Waals surface area contributed by atoms with Crippen molar-refractivity contribution in [3.05, 3.63) is 41.8 Å². The van der Waals surface area contributed by atoms with Crippen LogP contribution in [-0.2, 0) is 6.54 Å². The molecule has 0 amide bonds. The van der Waals surface area contributed by atoms with Crippen LogP contribution in [0.15, 0.2) is 34.9 Å². The van der Waals surface area contributed by atoms with E-state index in [9.17, 15) is 0 Å². The predicted molar refractivity (Wildman–Crippen MR) is 89.4 cm³/mol. The highest BCUT2D eigenvalue weighted by molar-refractivity contribution is 9.13. The van der Waals surface area contributed by atoms with E-state index in [1.54, 1.807) is 11.3 Å². The number of likely N-dealkylation sites (N-methyl/N-ethyl adjacent to an activating group) is 1. The van der Waals surface area contributed by atoms with Crippen molar-refractivity contribution in [2.75, 3.05) is 13.6 Å². The van der Waals surface area contributed by atoms with Crippen LogP contribution in [0.3, 0.4) is 0 Å². The number of hydrogen-bond acceptors (Lipinski definition) is 4. The van der Waals surface area contributed by atoms with E-state index in [0.717, 1.165) is 20.6 Å². The van der Waals surface area contributed by atoms with Gasteiger partial charge >= 0.3 is 0 Å². The molecule has 2 aromatic heterocycles. The van der Waals surface area contributed by atoms with Crippen LogP contribution in [-0.4, -0.2) is 18.5 Å². The molecule has 0 aliphatic carbocycles. The van der Waals surface area contributed by atoms with E-state index in [0.29, 0.717) is 11.2 Å². The highest BCUT2D eigenvalue weighted by Gasteiger charge is 2.21. The van der Waals surface area contributed by atoms with Gasteiger partial charge in [0.25, 0.3) is 0 Å². The number of thiophene rings is 1. The topological polar surface area (TPSA) is 42.4 Å². The van der Waals surface area contributed by atoms with Crippen molar-refractivity contribution >= 4 is 59.1 Å². The Balaban J connectivity index is 2.12. The van der Waals surface area contributed by atoms with Crippen LogP contribution in [0.2, 0.25) is 0 Å². The van der Waals surface area contributed by atoms with Crippen LogP contribution < -0.4 is 5.73 Å². The molecule has 19 heavy (non-hydrogen) atoms. The van der Waals surface area contributed by atoms with Gasteiger partial charge in [0.2, 0.25) is 0 Å². The lowest BCUT2D eigenvalue weighted by Gasteiger charge is -2.24. The van der Waals surface area contributed by atoms with Crippen LogP contribution in [0.1, 0.15) is 17.4 Å². The van der Waals surface area contributed by atoms with Gasteiger partial charge in [0.1, 0.15) is 5.76 Å². The van der Waals surface area contributed by atoms with E-state index in [1.165, 1.54) is 5.56 Å². The highest BCUT2D eigenvalue weighted by Crippen LogP contribution is 2.32. The van der Waals surface area contributed by atoms with Gasteiger partial charge in [0, 0.05) is 13.1 Å². The lowest BCUT2D eigenvalue weighted by molar-refractivity contribution is 0.211. The maximum absolute atomic E-state index is 5.88. The largest absolute Gasteiger partial charge is 0.451 e. The Morgan fingerprint density at radius 1 is 1.37 bits per heavy atom. The fourth-order valence-corrected chi connectivity index (χ4v) is 3.68. The Kier molecular flexibility index (Phi) is 5.68. The van der Waals surface area contributed by atoms with Gasteiger partial charge in [0.05, 0.1) is 14.3 Å². The van der Waals surface area contributed by atoms with Crippen molar-refractivity contribution in [1.29, 1.82) is 0 Å². The van der Waals surface area contributed by atoms with E-state index in [-0.39, 0.29) is 6.04 Å². The minimum atomic E-state index is 0.0567. The zero-order chi connectivity index (χ0) is 14.0. The molecular formula is C12H13Br3N2OS. The summed E-state index contributed by atoms with van der Waals surface area (Å²) < 4.78 is 8.43. The van der Waals surface area contributed by atoms with Gasteiger partial charge < -0.3 is 10.2 Å². The molecule has 0 spiro atoms. The molecule has 0 saturated carbocycles. The normalized spacial score (nSPS) is 13.2. The molecule has 2 rings (SSSR count). The Morgan fingerprint density at radius 2 is 2.11 bits per heavy atom. The standard InChI is InChI=1S/C12H13Br3N2OS/c1-17(5-7-2-11(14)19-6-7)9(4-16)10-3-8(13)12(15)18-10/h2-3,6,9H,4-5,16H2,1H3. The van der Waals surface area contributed by atoms with Gasteiger partial charge in [-0.05, 0) is 77.9 Å². The molecule has 0 aliphatic rings. The smallest absolute Gasteiger partial charge is 0.183 e. The third-order valence-electron chi connectivity index (χ3n) is 2.80. The van der Waals surface area contributed by atoms with E-state index >= 15 is 0 Å². The fraction of sp³-hybridized carbons (Fsp3) is 0.333. The van der Waals surface area contributed by atoms with Crippen molar-refractivity contribution in [3.63, 3.8) is 0 Å². The minimum absolute atomic E-state index is 0.0567. The molecule has 0 aliphatic heterocycles. The summed E-state index contributed by atoms with van der Waals surface area (Å²) in [7, 11) is 2.05. The van der Waals surface area contributed by atoms with E-state index in [2.05, 4.69) is 64.1 Å². The van der Waals surface area contributed by atoms with Gasteiger partial charge in [0.15, 0.2) is 4.67 Å². The molecule has 1 unspecified atom stereocenters. The highest BCUT2D eigenvalue weighted by atomic mass is 79.9. The molecule has 1 atom stereocenters. The van der Waals surface area contributed by atoms with E-state index < -0.39 is 0 Å². The summed E-state index contributed by atoms with van der Waals surface area (Å²) in [6.07, 6.45) is 0. The zero-order valence-corrected chi connectivity index (χ0v) is 15.8. The molecule has 2 N–H and O–H groups in total. The average Bonchev–Trinajstić information content (AvgIpc) is 2.88. The summed E-state index contributed by atoms with van der Waals surface area (Å²) in [6, 6.07) is 4.14. The molecule has 2 aromatic rings. The molecule has 2 heterocycles. The average molecular weight is 473 g/mol. The van der Waals surface area contributed by atoms with Crippen molar-refractivity contribution in [2.24, 2.45) is 5.73 Å². The van der Waals surface area contributed by atoms with Gasteiger partial charge in [-0.15, -0.1) is 11.3 Å². The van der Waals surface area contributed by atoms with Crippen molar-refractivity contribution in [1.82, 2.24) is 4.90 Å². The lowest BCUT2D eigenvalue weighted by atomic mass is 10.2. The van der Waals surface area contributed by atoms with Gasteiger partial charge in [-0.1, -0.05) is 0 Å². The molecule has 0 fully saturated rings. The second-order valence-corrected chi connectivity index (χ2v) is 8.06. The fourth-order valence-electron chi connectivity index (χ4n) is 1.87. The van der Waals surface area contributed by atoms with Gasteiger partial charge in [-0.25, -0.2) is 0 Å². The summed E-state index contributed by atoms with van der Waals surface area (Å²) in [6.45, 7) is 1.34. The maximum Gasteiger partial charge on any atom is 0.183 e. The van der Waals surface area contributed by atoms with E-state index in [1.807, 2.05) is 13.1 Å². The summed E-state index contributed by atoms with van der Waals surface area (Å²) >= 11 is 12.0. The molecular weight excluding hydrogens is 460 g/mol. The Morgan fingerprint density at radius 3 is 2.58 bits per heavy atom. The van der Waals surface area contributed by atoms with E-state index in [4.69, 9.17) is 10.2 Å². The predicted octanol–water partition coefficient (Wildman–Crippen LogP) is 4.76. The molecule has 3 nitrogen and oxygen atoms in total. The van der Waals surface area contributed by atoms with Gasteiger partial charge in [-0.3, -0.25) is 4.90 Å². The second kappa shape index (κ2) is 6.87. The number of hydrogen-bond donors (Lipinski definition) is 1. The first-order valence-electron chi connectivity index (χ1n) is 5.59. The monoisotopic (exact) mass is 470 g/mol. The number of nitrogens with two attached hydrogens (primary N) is 1. The SMILES string of the molecule is CN(Cc1csc(Br)c1)C(CN)c1cc(Br)c(Br)o1. The molecule has 104 valence electrons. The molecule has 0 bridgehead atoms. The van der Waals surface area contributed by atoms with Crippen molar-refractivity contribution in [3.8, 4) is 0 Å². The Bertz CT molecular complexity index is 535. The number of halogens is 3. The molecule has 0 aromatic carbocycles. The van der Waals surface area contributed by atoms with Crippen molar-refractivity contribution in [2.45, 2.75) is 12.6 Å². The molecule has 0 saturated heterocycles. The summed E-state index contributed by atoms with van der Waals surface area (Å²) in [5.41, 5.74) is 7.15. The zero-order valence-electron chi connectivity index (χ0n) is 10.2. The lowest BCUT2D eigenvalue weighted by Crippen LogP contribution is -2.29. The summed E-state index contributed by atoms with van der Waals surface area (Å²) in [5.74, 6) is 0.859. The number of nitrogens with zero attached hydrogens (tertiary/aromatic N) is 1. The number of rotatable bonds is 5. The second-order valence-electron chi connectivity index (χ2n) is 4.20.